The molecule has 0 spiro atoms. The van der Waals surface area contributed by atoms with Gasteiger partial charge in [0.2, 0.25) is 0 Å². The van der Waals surface area contributed by atoms with Crippen molar-refractivity contribution in [2.75, 3.05) is 14.2 Å². The van der Waals surface area contributed by atoms with Crippen LogP contribution < -0.4 is 0 Å². The Morgan fingerprint density at radius 2 is 1.96 bits per heavy atom. The molecule has 128 valence electrons. The number of aromatic nitrogens is 1. The molecule has 7 heteroatoms. The molecule has 0 aliphatic rings. The minimum absolute atomic E-state index is 0.204. The number of carbonyl (C=O) groups excluding carboxylic acids is 3. The van der Waals surface area contributed by atoms with E-state index in [0.29, 0.717) is 21.7 Å². The van der Waals surface area contributed by atoms with Gasteiger partial charge < -0.3 is 14.6 Å². The standard InChI is InChI=1S/C17H20N2O4S/c1-9-13(10(2)18-14(9)17(22)23-5)15(20)11(3)19(4)16(21)12-7-6-8-24-12/h6-8,11,18H,1-5H3. The number of likely N-dealkylation sites (N-methyl/N-ethyl adjacent to an activating group) is 1. The zero-order valence-corrected chi connectivity index (χ0v) is 15.1. The molecule has 1 N–H and O–H groups in total. The lowest BCUT2D eigenvalue weighted by Gasteiger charge is -2.23. The number of aromatic amines is 1. The van der Waals surface area contributed by atoms with E-state index in [0.717, 1.165) is 0 Å². The van der Waals surface area contributed by atoms with Crippen LogP contribution in [0.1, 0.15) is 48.7 Å². The average molecular weight is 348 g/mol. The predicted octanol–water partition coefficient (Wildman–Crippen LogP) is 2.82. The Hall–Kier alpha value is -2.41. The SMILES string of the molecule is COC(=O)c1[nH]c(C)c(C(=O)C(C)N(C)C(=O)c2cccs2)c1C. The van der Waals surface area contributed by atoms with Crippen LogP contribution >= 0.6 is 11.3 Å². The van der Waals surface area contributed by atoms with Gasteiger partial charge in [0.25, 0.3) is 5.91 Å². The third-order valence-electron chi connectivity index (χ3n) is 4.09. The topological polar surface area (TPSA) is 79.5 Å². The first-order chi connectivity index (χ1) is 11.3. The van der Waals surface area contributed by atoms with E-state index in [1.54, 1.807) is 40.0 Å². The van der Waals surface area contributed by atoms with Gasteiger partial charge in [-0.15, -0.1) is 11.3 Å². The van der Waals surface area contributed by atoms with Gasteiger partial charge in [-0.3, -0.25) is 9.59 Å². The van der Waals surface area contributed by atoms with Crippen molar-refractivity contribution < 1.29 is 19.1 Å². The molecular weight excluding hydrogens is 328 g/mol. The molecule has 0 aromatic carbocycles. The number of hydrogen-bond donors (Lipinski definition) is 1. The minimum atomic E-state index is -0.654. The first-order valence-electron chi connectivity index (χ1n) is 7.41. The van der Waals surface area contributed by atoms with Gasteiger partial charge in [0, 0.05) is 18.3 Å². The van der Waals surface area contributed by atoms with Crippen molar-refractivity contribution in [2.45, 2.75) is 26.8 Å². The molecule has 2 aromatic heterocycles. The van der Waals surface area contributed by atoms with E-state index in [4.69, 9.17) is 4.74 Å². The summed E-state index contributed by atoms with van der Waals surface area (Å²) in [6.07, 6.45) is 0. The fourth-order valence-electron chi connectivity index (χ4n) is 2.56. The van der Waals surface area contributed by atoms with Crippen LogP contribution in [0.2, 0.25) is 0 Å². The maximum Gasteiger partial charge on any atom is 0.354 e. The van der Waals surface area contributed by atoms with E-state index in [1.165, 1.54) is 23.3 Å². The number of carbonyl (C=O) groups is 3. The van der Waals surface area contributed by atoms with Crippen molar-refractivity contribution >= 4 is 29.0 Å². The zero-order valence-electron chi connectivity index (χ0n) is 14.3. The molecule has 1 atom stereocenters. The van der Waals surface area contributed by atoms with Gasteiger partial charge in [0.05, 0.1) is 18.0 Å². The summed E-state index contributed by atoms with van der Waals surface area (Å²) < 4.78 is 4.72. The van der Waals surface area contributed by atoms with Gasteiger partial charge >= 0.3 is 5.97 Å². The van der Waals surface area contributed by atoms with E-state index in [-0.39, 0.29) is 17.4 Å². The number of nitrogens with one attached hydrogen (secondary N) is 1. The van der Waals surface area contributed by atoms with Crippen molar-refractivity contribution in [3.63, 3.8) is 0 Å². The molecule has 2 rings (SSSR count). The molecule has 0 radical (unpaired) electrons. The Bertz CT molecular complexity index is 777. The number of hydrogen-bond acceptors (Lipinski definition) is 5. The molecule has 0 bridgehead atoms. The van der Waals surface area contributed by atoms with Crippen LogP contribution in [-0.2, 0) is 4.74 Å². The minimum Gasteiger partial charge on any atom is -0.464 e. The second kappa shape index (κ2) is 7.00. The summed E-state index contributed by atoms with van der Waals surface area (Å²) in [5.74, 6) is -0.945. The molecule has 2 heterocycles. The number of methoxy groups -OCH3 is 1. The summed E-state index contributed by atoms with van der Waals surface area (Å²) in [5, 5.41) is 1.82. The number of amides is 1. The number of aryl methyl sites for hydroxylation is 1. The highest BCUT2D eigenvalue weighted by molar-refractivity contribution is 7.12. The second-order valence-electron chi connectivity index (χ2n) is 5.55. The van der Waals surface area contributed by atoms with Gasteiger partial charge in [0.15, 0.2) is 5.78 Å². The van der Waals surface area contributed by atoms with Gasteiger partial charge in [-0.1, -0.05) is 6.07 Å². The number of rotatable bonds is 5. The van der Waals surface area contributed by atoms with Crippen LogP contribution in [0.25, 0.3) is 0 Å². The molecule has 6 nitrogen and oxygen atoms in total. The highest BCUT2D eigenvalue weighted by Gasteiger charge is 2.29. The Kier molecular flexibility index (Phi) is 5.23. The van der Waals surface area contributed by atoms with E-state index >= 15 is 0 Å². The molecular formula is C17H20N2O4S. The quantitative estimate of drug-likeness (QED) is 0.666. The van der Waals surface area contributed by atoms with Crippen LogP contribution in [-0.4, -0.2) is 47.7 Å². The lowest BCUT2D eigenvalue weighted by Crippen LogP contribution is -2.40. The maximum absolute atomic E-state index is 12.9. The van der Waals surface area contributed by atoms with Crippen LogP contribution in [0.15, 0.2) is 17.5 Å². The number of Topliss-reactive ketones (excluding diaryl/α,β-unsaturated/α-hetero) is 1. The number of thiophene rings is 1. The highest BCUT2D eigenvalue weighted by Crippen LogP contribution is 2.22. The van der Waals surface area contributed by atoms with E-state index in [1.807, 2.05) is 5.38 Å². The van der Waals surface area contributed by atoms with Crippen LogP contribution in [0.4, 0.5) is 0 Å². The maximum atomic E-state index is 12.9. The summed E-state index contributed by atoms with van der Waals surface area (Å²) in [5.41, 5.74) is 1.81. The highest BCUT2D eigenvalue weighted by atomic mass is 32.1. The summed E-state index contributed by atoms with van der Waals surface area (Å²) >= 11 is 1.33. The molecule has 0 saturated heterocycles. The Labute approximate surface area is 144 Å². The van der Waals surface area contributed by atoms with Crippen molar-refractivity contribution in [1.82, 2.24) is 9.88 Å². The van der Waals surface area contributed by atoms with Gasteiger partial charge in [-0.25, -0.2) is 4.79 Å². The van der Waals surface area contributed by atoms with Gasteiger partial charge in [-0.2, -0.15) is 0 Å². The molecule has 1 amide bonds. The number of ketones is 1. The molecule has 2 aromatic rings. The van der Waals surface area contributed by atoms with E-state index in [2.05, 4.69) is 4.98 Å². The van der Waals surface area contributed by atoms with Crippen molar-refractivity contribution in [2.24, 2.45) is 0 Å². The number of ether oxygens (including phenoxy) is 1. The van der Waals surface area contributed by atoms with Crippen LogP contribution in [0, 0.1) is 13.8 Å². The average Bonchev–Trinajstić information content (AvgIpc) is 3.20. The zero-order chi connectivity index (χ0) is 18.0. The van der Waals surface area contributed by atoms with Crippen molar-refractivity contribution in [3.05, 3.63) is 44.9 Å². The van der Waals surface area contributed by atoms with E-state index in [9.17, 15) is 14.4 Å². The van der Waals surface area contributed by atoms with E-state index < -0.39 is 12.0 Å². The Morgan fingerprint density at radius 3 is 2.50 bits per heavy atom. The summed E-state index contributed by atoms with van der Waals surface area (Å²) in [7, 11) is 2.89. The second-order valence-corrected chi connectivity index (χ2v) is 6.50. The Morgan fingerprint density at radius 1 is 1.29 bits per heavy atom. The molecule has 0 fully saturated rings. The number of esters is 1. The molecule has 0 aliphatic carbocycles. The molecule has 24 heavy (non-hydrogen) atoms. The molecule has 1 unspecified atom stereocenters. The third kappa shape index (κ3) is 3.12. The van der Waals surface area contributed by atoms with Gasteiger partial charge in [-0.05, 0) is 37.8 Å². The number of nitrogens with zero attached hydrogens (tertiary/aromatic N) is 1. The van der Waals surface area contributed by atoms with Crippen molar-refractivity contribution in [1.29, 1.82) is 0 Å². The summed E-state index contributed by atoms with van der Waals surface area (Å²) in [6.45, 7) is 5.09. The molecule has 0 saturated carbocycles. The first-order valence-corrected chi connectivity index (χ1v) is 8.29. The monoisotopic (exact) mass is 348 g/mol. The fourth-order valence-corrected chi connectivity index (χ4v) is 3.27. The Balaban J connectivity index is 2.30. The van der Waals surface area contributed by atoms with Gasteiger partial charge in [0.1, 0.15) is 5.69 Å². The number of H-pyrrole nitrogens is 1. The van der Waals surface area contributed by atoms with Crippen LogP contribution in [0.5, 0.6) is 0 Å². The van der Waals surface area contributed by atoms with Crippen LogP contribution in [0.3, 0.4) is 0 Å². The van der Waals surface area contributed by atoms with Crippen molar-refractivity contribution in [3.8, 4) is 0 Å². The molecule has 0 aliphatic heterocycles. The fraction of sp³-hybridized carbons (Fsp3) is 0.353. The largest absolute Gasteiger partial charge is 0.464 e. The normalized spacial score (nSPS) is 11.9. The summed E-state index contributed by atoms with van der Waals surface area (Å²) in [4.78, 5) is 41.9. The first kappa shape index (κ1) is 17.9. The lowest BCUT2D eigenvalue weighted by molar-refractivity contribution is 0.0593. The lowest BCUT2D eigenvalue weighted by atomic mass is 10.00. The predicted molar refractivity (Wildman–Crippen MR) is 91.8 cm³/mol. The third-order valence-corrected chi connectivity index (χ3v) is 4.94. The summed E-state index contributed by atoms with van der Waals surface area (Å²) in [6, 6.07) is 2.86. The smallest absolute Gasteiger partial charge is 0.354 e.